The van der Waals surface area contributed by atoms with Gasteiger partial charge in [-0.3, -0.25) is 0 Å². The average molecular weight is 212 g/mol. The zero-order valence-corrected chi connectivity index (χ0v) is 6.67. The maximum absolute atomic E-state index is 3.60. The molecule has 0 unspecified atom stereocenters. The second kappa shape index (κ2) is 4.61. The Morgan fingerprint density at radius 1 is 1.56 bits per heavy atom. The molecule has 0 saturated carbocycles. The van der Waals surface area contributed by atoms with Gasteiger partial charge in [0.05, 0.1) is 0 Å². The molecule has 0 spiro atoms. The summed E-state index contributed by atoms with van der Waals surface area (Å²) in [7, 11) is 0. The Hall–Kier alpha value is -0.248. The molecule has 0 aliphatic heterocycles. The Morgan fingerprint density at radius 2 is 2.33 bits per heavy atom. The molecule has 0 atom stereocenters. The Bertz CT molecular complexity index is 152. The predicted molar refractivity (Wildman–Crippen MR) is 36.3 cm³/mol. The van der Waals surface area contributed by atoms with E-state index >= 15 is 0 Å². The SMILES string of the molecule is [CH2-]/C=C/C1=CC=CC1.[Pd]. The zero-order chi connectivity index (χ0) is 5.82. The Balaban J connectivity index is 0.000000640. The van der Waals surface area contributed by atoms with Crippen LogP contribution in [0.5, 0.6) is 0 Å². The molecule has 0 heterocycles. The van der Waals surface area contributed by atoms with Gasteiger partial charge in [-0.2, -0.15) is 0 Å². The van der Waals surface area contributed by atoms with Gasteiger partial charge in [-0.05, 0) is 6.42 Å². The molecule has 52 valence electrons. The van der Waals surface area contributed by atoms with Gasteiger partial charge in [-0.1, -0.05) is 18.2 Å². The van der Waals surface area contributed by atoms with E-state index in [4.69, 9.17) is 0 Å². The van der Waals surface area contributed by atoms with Crippen LogP contribution in [0.3, 0.4) is 0 Å². The first-order chi connectivity index (χ1) is 3.93. The van der Waals surface area contributed by atoms with E-state index in [1.165, 1.54) is 5.57 Å². The first kappa shape index (κ1) is 8.75. The van der Waals surface area contributed by atoms with Crippen LogP contribution < -0.4 is 0 Å². The van der Waals surface area contributed by atoms with Crippen molar-refractivity contribution in [2.75, 3.05) is 0 Å². The van der Waals surface area contributed by atoms with Crippen molar-refractivity contribution in [1.82, 2.24) is 0 Å². The van der Waals surface area contributed by atoms with Crippen molar-refractivity contribution in [3.63, 3.8) is 0 Å². The monoisotopic (exact) mass is 211 g/mol. The molecule has 1 aliphatic rings. The summed E-state index contributed by atoms with van der Waals surface area (Å²) in [5, 5.41) is 0. The summed E-state index contributed by atoms with van der Waals surface area (Å²) in [5.74, 6) is 0. The van der Waals surface area contributed by atoms with Crippen LogP contribution in [-0.4, -0.2) is 0 Å². The van der Waals surface area contributed by atoms with Crippen LogP contribution in [0, 0.1) is 6.92 Å². The number of hydrogen-bond donors (Lipinski definition) is 0. The van der Waals surface area contributed by atoms with Crippen molar-refractivity contribution in [3.8, 4) is 0 Å². The quantitative estimate of drug-likeness (QED) is 0.461. The Labute approximate surface area is 70.0 Å². The van der Waals surface area contributed by atoms with Gasteiger partial charge >= 0.3 is 0 Å². The molecule has 0 aromatic carbocycles. The van der Waals surface area contributed by atoms with Crippen LogP contribution >= 0.6 is 0 Å². The fourth-order valence-corrected chi connectivity index (χ4v) is 0.739. The average Bonchev–Trinajstić information content (AvgIpc) is 2.19. The first-order valence-corrected chi connectivity index (χ1v) is 2.75. The van der Waals surface area contributed by atoms with Gasteiger partial charge in [-0.15, -0.1) is 5.57 Å². The fraction of sp³-hybridized carbons (Fsp3) is 0.125. The summed E-state index contributed by atoms with van der Waals surface area (Å²) in [4.78, 5) is 0. The van der Waals surface area contributed by atoms with Crippen LogP contribution in [0.2, 0.25) is 0 Å². The third kappa shape index (κ3) is 2.70. The minimum atomic E-state index is 0. The van der Waals surface area contributed by atoms with Crippen molar-refractivity contribution in [3.05, 3.63) is 42.9 Å². The minimum absolute atomic E-state index is 0. The third-order valence-corrected chi connectivity index (χ3v) is 1.13. The number of allylic oxidation sites excluding steroid dienone is 6. The largest absolute Gasteiger partial charge is 0.245 e. The van der Waals surface area contributed by atoms with Crippen LogP contribution in [-0.2, 0) is 20.4 Å². The van der Waals surface area contributed by atoms with E-state index in [9.17, 15) is 0 Å². The van der Waals surface area contributed by atoms with Crippen molar-refractivity contribution in [2.24, 2.45) is 0 Å². The second-order valence-corrected chi connectivity index (χ2v) is 1.78. The van der Waals surface area contributed by atoms with E-state index in [-0.39, 0.29) is 20.4 Å². The Kier molecular flexibility index (Phi) is 4.49. The summed E-state index contributed by atoms with van der Waals surface area (Å²) in [5.41, 5.74) is 1.35. The van der Waals surface area contributed by atoms with Gasteiger partial charge < -0.3 is 0 Å². The second-order valence-electron chi connectivity index (χ2n) is 1.78. The molecule has 0 bridgehead atoms. The third-order valence-electron chi connectivity index (χ3n) is 1.13. The molecule has 0 fully saturated rings. The summed E-state index contributed by atoms with van der Waals surface area (Å²) < 4.78 is 0. The van der Waals surface area contributed by atoms with Gasteiger partial charge in [0.2, 0.25) is 0 Å². The van der Waals surface area contributed by atoms with E-state index in [1.807, 2.05) is 12.2 Å². The molecule has 0 aromatic heterocycles. The van der Waals surface area contributed by atoms with Crippen LogP contribution in [0.1, 0.15) is 6.42 Å². The number of rotatable bonds is 1. The summed E-state index contributed by atoms with van der Waals surface area (Å²) in [6.07, 6.45) is 11.2. The van der Waals surface area contributed by atoms with Gasteiger partial charge in [0.15, 0.2) is 0 Å². The molecule has 1 rings (SSSR count). The maximum Gasteiger partial charge on any atom is 0 e. The summed E-state index contributed by atoms with van der Waals surface area (Å²) >= 11 is 0. The molecule has 0 aromatic rings. The molecule has 1 aliphatic carbocycles. The van der Waals surface area contributed by atoms with Crippen LogP contribution in [0.25, 0.3) is 0 Å². The van der Waals surface area contributed by atoms with Gasteiger partial charge in [0.1, 0.15) is 0 Å². The van der Waals surface area contributed by atoms with Gasteiger partial charge in [-0.25, -0.2) is 19.1 Å². The molecule has 1 heteroatoms. The van der Waals surface area contributed by atoms with E-state index < -0.39 is 0 Å². The van der Waals surface area contributed by atoms with Crippen molar-refractivity contribution in [1.29, 1.82) is 0 Å². The van der Waals surface area contributed by atoms with Crippen molar-refractivity contribution in [2.45, 2.75) is 6.42 Å². The molecular formula is C8H9Pd-. The van der Waals surface area contributed by atoms with E-state index in [2.05, 4.69) is 25.2 Å². The van der Waals surface area contributed by atoms with Gasteiger partial charge in [0, 0.05) is 20.4 Å². The molecule has 0 nitrogen and oxygen atoms in total. The maximum atomic E-state index is 3.60. The normalized spacial score (nSPS) is 15.8. The summed E-state index contributed by atoms with van der Waals surface area (Å²) in [6.45, 7) is 3.60. The minimum Gasteiger partial charge on any atom is -0.245 e. The predicted octanol–water partition coefficient (Wildman–Crippen LogP) is 2.26. The van der Waals surface area contributed by atoms with Crippen molar-refractivity contribution >= 4 is 0 Å². The zero-order valence-electron chi connectivity index (χ0n) is 5.12. The smallest absolute Gasteiger partial charge is 0 e. The molecule has 9 heavy (non-hydrogen) atoms. The van der Waals surface area contributed by atoms with Crippen LogP contribution in [0.15, 0.2) is 36.0 Å². The molecule has 0 saturated heterocycles. The summed E-state index contributed by atoms with van der Waals surface area (Å²) in [6, 6.07) is 0. The topological polar surface area (TPSA) is 0 Å². The Morgan fingerprint density at radius 3 is 2.78 bits per heavy atom. The van der Waals surface area contributed by atoms with E-state index in [0.29, 0.717) is 0 Å². The van der Waals surface area contributed by atoms with E-state index in [0.717, 1.165) is 6.42 Å². The van der Waals surface area contributed by atoms with Crippen LogP contribution in [0.4, 0.5) is 0 Å². The molecular weight excluding hydrogens is 203 g/mol. The molecule has 0 radical (unpaired) electrons. The standard InChI is InChI=1S/C8H9.Pd/c1-2-5-8-6-3-4-7-8;/h2-6H,1,7H2;/q-1;/b5-2+;. The van der Waals surface area contributed by atoms with Crippen molar-refractivity contribution < 1.29 is 20.4 Å². The first-order valence-electron chi connectivity index (χ1n) is 2.75. The fourth-order valence-electron chi connectivity index (χ4n) is 0.739. The molecule has 0 amide bonds. The number of hydrogen-bond acceptors (Lipinski definition) is 0. The molecule has 0 N–H and O–H groups in total. The van der Waals surface area contributed by atoms with E-state index in [1.54, 1.807) is 0 Å². The van der Waals surface area contributed by atoms with Gasteiger partial charge in [0.25, 0.3) is 0 Å².